The van der Waals surface area contributed by atoms with Gasteiger partial charge in [0, 0.05) is 13.1 Å². The minimum absolute atomic E-state index is 0.00405. The number of nitrogens with zero attached hydrogens (tertiary/aromatic N) is 2. The van der Waals surface area contributed by atoms with Crippen LogP contribution in [0, 0.1) is 0 Å². The number of nitrogens with two attached hydrogens (primary N) is 4. The van der Waals surface area contributed by atoms with Crippen LogP contribution in [0.1, 0.15) is 25.7 Å². The minimum atomic E-state index is -0.714. The van der Waals surface area contributed by atoms with Gasteiger partial charge in [0.1, 0.15) is 6.04 Å². The first-order chi connectivity index (χ1) is 10.8. The lowest BCUT2D eigenvalue weighted by molar-refractivity contribution is -0.139. The average Bonchev–Trinajstić information content (AvgIpc) is 2.97. The maximum absolute atomic E-state index is 12.4. The normalized spacial score (nSPS) is 18.3. The zero-order valence-corrected chi connectivity index (χ0v) is 13.0. The van der Waals surface area contributed by atoms with Gasteiger partial charge in [0.25, 0.3) is 0 Å². The molecule has 1 rings (SSSR count). The summed E-state index contributed by atoms with van der Waals surface area (Å²) in [5.41, 5.74) is 21.3. The predicted molar refractivity (Wildman–Crippen MR) is 84.8 cm³/mol. The quantitative estimate of drug-likeness (QED) is 0.179. The van der Waals surface area contributed by atoms with Crippen LogP contribution in [-0.4, -0.2) is 60.3 Å². The molecule has 2 atom stereocenters. The van der Waals surface area contributed by atoms with Crippen molar-refractivity contribution in [2.24, 2.45) is 27.9 Å². The van der Waals surface area contributed by atoms with Gasteiger partial charge >= 0.3 is 0 Å². The van der Waals surface area contributed by atoms with Crippen LogP contribution >= 0.6 is 0 Å². The maximum Gasteiger partial charge on any atom is 0.243 e. The second kappa shape index (κ2) is 8.93. The van der Waals surface area contributed by atoms with E-state index < -0.39 is 18.0 Å². The molecule has 0 saturated carbocycles. The first-order valence-electron chi connectivity index (χ1n) is 7.50. The lowest BCUT2D eigenvalue weighted by Gasteiger charge is -2.26. The van der Waals surface area contributed by atoms with Crippen LogP contribution in [0.5, 0.6) is 0 Å². The van der Waals surface area contributed by atoms with E-state index in [1.54, 1.807) is 0 Å². The van der Waals surface area contributed by atoms with E-state index in [4.69, 9.17) is 22.9 Å². The highest BCUT2D eigenvalue weighted by Crippen LogP contribution is 2.19. The first-order valence-corrected chi connectivity index (χ1v) is 7.50. The van der Waals surface area contributed by atoms with Crippen molar-refractivity contribution in [1.29, 1.82) is 0 Å². The molecular formula is C13H25N7O3. The van der Waals surface area contributed by atoms with Gasteiger partial charge in [-0.25, -0.2) is 0 Å². The molecule has 0 bridgehead atoms. The SMILES string of the molecule is NC(=O)CNC(=O)[C@@H]1CCCN1C(=O)C(N)CCCN=C(N)N. The number of primary amides is 1. The summed E-state index contributed by atoms with van der Waals surface area (Å²) in [6.07, 6.45) is 2.23. The van der Waals surface area contributed by atoms with E-state index in [2.05, 4.69) is 10.3 Å². The summed E-state index contributed by atoms with van der Waals surface area (Å²) in [7, 11) is 0. The van der Waals surface area contributed by atoms with Crippen molar-refractivity contribution in [3.8, 4) is 0 Å². The largest absolute Gasteiger partial charge is 0.370 e. The van der Waals surface area contributed by atoms with E-state index >= 15 is 0 Å². The zero-order chi connectivity index (χ0) is 17.4. The Morgan fingerprint density at radius 1 is 1.26 bits per heavy atom. The third-order valence-electron chi connectivity index (χ3n) is 3.56. The Morgan fingerprint density at radius 2 is 1.96 bits per heavy atom. The van der Waals surface area contributed by atoms with Crippen molar-refractivity contribution >= 4 is 23.7 Å². The number of rotatable bonds is 8. The lowest BCUT2D eigenvalue weighted by Crippen LogP contribution is -2.52. The van der Waals surface area contributed by atoms with Gasteiger partial charge in [0.2, 0.25) is 17.7 Å². The Balaban J connectivity index is 2.50. The Morgan fingerprint density at radius 3 is 2.57 bits per heavy atom. The lowest BCUT2D eigenvalue weighted by atomic mass is 10.1. The molecule has 10 heteroatoms. The molecule has 0 radical (unpaired) electrons. The fraction of sp³-hybridized carbons (Fsp3) is 0.692. The second-order valence-corrected chi connectivity index (χ2v) is 5.43. The molecule has 0 aliphatic carbocycles. The zero-order valence-electron chi connectivity index (χ0n) is 13.0. The van der Waals surface area contributed by atoms with Gasteiger partial charge in [-0.2, -0.15) is 0 Å². The molecular weight excluding hydrogens is 302 g/mol. The van der Waals surface area contributed by atoms with Crippen LogP contribution in [0.3, 0.4) is 0 Å². The van der Waals surface area contributed by atoms with Gasteiger partial charge in [-0.15, -0.1) is 0 Å². The number of carbonyl (C=O) groups excluding carboxylic acids is 3. The molecule has 0 aromatic carbocycles. The molecule has 23 heavy (non-hydrogen) atoms. The standard InChI is InChI=1S/C13H25N7O3/c14-8(3-1-5-18-13(16)17)12(23)20-6-2-4-9(20)11(22)19-7-10(15)21/h8-9H,1-7,14H2,(H2,15,21)(H,19,22)(H4,16,17,18)/t8?,9-/m0/s1. The fourth-order valence-corrected chi connectivity index (χ4v) is 2.45. The summed E-state index contributed by atoms with van der Waals surface area (Å²) in [6.45, 7) is 0.614. The summed E-state index contributed by atoms with van der Waals surface area (Å²) in [6, 6.07) is -1.32. The van der Waals surface area contributed by atoms with Crippen molar-refractivity contribution in [1.82, 2.24) is 10.2 Å². The Bertz CT molecular complexity index is 476. The topological polar surface area (TPSA) is 183 Å². The van der Waals surface area contributed by atoms with Crippen molar-refractivity contribution in [3.63, 3.8) is 0 Å². The molecule has 10 nitrogen and oxygen atoms in total. The number of nitrogens with one attached hydrogen (secondary N) is 1. The molecule has 0 aromatic rings. The van der Waals surface area contributed by atoms with Gasteiger partial charge in [-0.05, 0) is 25.7 Å². The van der Waals surface area contributed by atoms with Gasteiger partial charge < -0.3 is 33.2 Å². The highest BCUT2D eigenvalue weighted by atomic mass is 16.2. The number of guanidine groups is 1. The van der Waals surface area contributed by atoms with Crippen molar-refractivity contribution in [2.45, 2.75) is 37.8 Å². The van der Waals surface area contributed by atoms with E-state index in [0.29, 0.717) is 38.8 Å². The monoisotopic (exact) mass is 327 g/mol. The number of aliphatic imine (C=N–C) groups is 1. The van der Waals surface area contributed by atoms with Crippen LogP contribution in [0.4, 0.5) is 0 Å². The molecule has 0 aromatic heterocycles. The Hall–Kier alpha value is -2.36. The smallest absolute Gasteiger partial charge is 0.243 e. The predicted octanol–water partition coefficient (Wildman–Crippen LogP) is -3.04. The Labute approximate surface area is 134 Å². The highest BCUT2D eigenvalue weighted by molar-refractivity contribution is 5.92. The van der Waals surface area contributed by atoms with E-state index in [0.717, 1.165) is 0 Å². The number of likely N-dealkylation sites (tertiary alicyclic amines) is 1. The first kappa shape index (κ1) is 18.7. The molecule has 1 saturated heterocycles. The molecule has 9 N–H and O–H groups in total. The van der Waals surface area contributed by atoms with E-state index in [1.165, 1.54) is 4.90 Å². The molecule has 1 unspecified atom stereocenters. The second-order valence-electron chi connectivity index (χ2n) is 5.43. The average molecular weight is 327 g/mol. The molecule has 1 aliphatic rings. The summed E-state index contributed by atoms with van der Waals surface area (Å²) in [5.74, 6) is -1.31. The number of carbonyl (C=O) groups is 3. The van der Waals surface area contributed by atoms with Crippen molar-refractivity contribution in [2.75, 3.05) is 19.6 Å². The summed E-state index contributed by atoms with van der Waals surface area (Å²) in [5, 5.41) is 2.42. The summed E-state index contributed by atoms with van der Waals surface area (Å²) in [4.78, 5) is 40.4. The van der Waals surface area contributed by atoms with E-state index in [9.17, 15) is 14.4 Å². The number of amides is 3. The van der Waals surface area contributed by atoms with E-state index in [1.807, 2.05) is 0 Å². The highest BCUT2D eigenvalue weighted by Gasteiger charge is 2.35. The van der Waals surface area contributed by atoms with Gasteiger partial charge in [-0.1, -0.05) is 0 Å². The maximum atomic E-state index is 12.4. The molecule has 1 aliphatic heterocycles. The summed E-state index contributed by atoms with van der Waals surface area (Å²) >= 11 is 0. The third-order valence-corrected chi connectivity index (χ3v) is 3.56. The Kier molecular flexibility index (Phi) is 7.26. The van der Waals surface area contributed by atoms with Gasteiger partial charge in [-0.3, -0.25) is 19.4 Å². The van der Waals surface area contributed by atoms with Crippen LogP contribution < -0.4 is 28.3 Å². The van der Waals surface area contributed by atoms with Crippen molar-refractivity contribution < 1.29 is 14.4 Å². The van der Waals surface area contributed by atoms with E-state index in [-0.39, 0.29) is 24.3 Å². The van der Waals surface area contributed by atoms with Crippen LogP contribution in [0.15, 0.2) is 4.99 Å². The van der Waals surface area contributed by atoms with Crippen LogP contribution in [-0.2, 0) is 14.4 Å². The molecule has 1 fully saturated rings. The minimum Gasteiger partial charge on any atom is -0.370 e. The van der Waals surface area contributed by atoms with Crippen LogP contribution in [0.2, 0.25) is 0 Å². The molecule has 130 valence electrons. The summed E-state index contributed by atoms with van der Waals surface area (Å²) < 4.78 is 0. The third kappa shape index (κ3) is 6.10. The van der Waals surface area contributed by atoms with Gasteiger partial charge in [0.05, 0.1) is 12.6 Å². The number of hydrogen-bond acceptors (Lipinski definition) is 5. The molecule has 3 amide bonds. The van der Waals surface area contributed by atoms with Crippen LogP contribution in [0.25, 0.3) is 0 Å². The molecule has 1 heterocycles. The fourth-order valence-electron chi connectivity index (χ4n) is 2.45. The van der Waals surface area contributed by atoms with Crippen molar-refractivity contribution in [3.05, 3.63) is 0 Å². The molecule has 0 spiro atoms. The van der Waals surface area contributed by atoms with Gasteiger partial charge in [0.15, 0.2) is 5.96 Å². The number of hydrogen-bond donors (Lipinski definition) is 5.